The second-order valence-electron chi connectivity index (χ2n) is 11.1. The van der Waals surface area contributed by atoms with E-state index in [0.717, 1.165) is 30.5 Å². The van der Waals surface area contributed by atoms with Crippen LogP contribution in [0.1, 0.15) is 44.1 Å². The van der Waals surface area contributed by atoms with Crippen LogP contribution in [-0.2, 0) is 14.4 Å². The lowest BCUT2D eigenvalue weighted by atomic mass is 9.47. The molecule has 6 fully saturated rings. The van der Waals surface area contributed by atoms with Crippen LogP contribution in [-0.4, -0.2) is 41.6 Å². The average molecular weight is 417 g/mol. The lowest BCUT2D eigenvalue weighted by Crippen LogP contribution is -2.57. The Morgan fingerprint density at radius 3 is 2.23 bits per heavy atom. The monoisotopic (exact) mass is 416 g/mol. The van der Waals surface area contributed by atoms with Crippen molar-refractivity contribution in [2.45, 2.75) is 50.6 Å². The highest BCUT2D eigenvalue weighted by molar-refractivity contribution is 6.11. The number of carbonyl (C=O) groups excluding carboxylic acids is 3. The minimum Gasteiger partial charge on any atom is -0.353 e. The van der Waals surface area contributed by atoms with Crippen LogP contribution in [0.15, 0.2) is 30.3 Å². The van der Waals surface area contributed by atoms with Crippen LogP contribution in [0.2, 0.25) is 0 Å². The Kier molecular flexibility index (Phi) is 3.44. The van der Waals surface area contributed by atoms with Gasteiger partial charge in [0.2, 0.25) is 11.8 Å². The van der Waals surface area contributed by atoms with Gasteiger partial charge in [-0.25, -0.2) is 0 Å². The van der Waals surface area contributed by atoms with Crippen molar-refractivity contribution in [1.82, 2.24) is 4.90 Å². The molecule has 2 amide bonds. The number of para-hydroxylation sites is 1. The molecule has 8 rings (SSSR count). The van der Waals surface area contributed by atoms with E-state index in [1.54, 1.807) is 7.05 Å². The van der Waals surface area contributed by atoms with Crippen LogP contribution in [0.4, 0.5) is 5.69 Å². The molecule has 0 N–H and O–H groups in total. The summed E-state index contributed by atoms with van der Waals surface area (Å²) in [6, 6.07) is 7.35. The van der Waals surface area contributed by atoms with Crippen molar-refractivity contribution in [3.05, 3.63) is 35.9 Å². The first-order valence-electron chi connectivity index (χ1n) is 11.9. The van der Waals surface area contributed by atoms with Crippen molar-refractivity contribution in [1.29, 1.82) is 0 Å². The maximum Gasteiger partial charge on any atom is 0.235 e. The molecule has 1 aromatic rings. The fourth-order valence-corrected chi connectivity index (χ4v) is 8.69. The van der Waals surface area contributed by atoms with Gasteiger partial charge in [0.05, 0.1) is 17.9 Å². The van der Waals surface area contributed by atoms with Crippen LogP contribution in [0.25, 0.3) is 6.08 Å². The van der Waals surface area contributed by atoms with E-state index in [0.29, 0.717) is 17.8 Å². The Labute approximate surface area is 182 Å². The van der Waals surface area contributed by atoms with Crippen molar-refractivity contribution < 1.29 is 14.4 Å². The Morgan fingerprint density at radius 2 is 1.55 bits per heavy atom. The number of anilines is 1. The number of ketones is 1. The molecule has 5 nitrogen and oxygen atoms in total. The molecule has 4 bridgehead atoms. The fraction of sp³-hybridized carbons (Fsp3) is 0.577. The number of hydrogen-bond acceptors (Lipinski definition) is 4. The van der Waals surface area contributed by atoms with E-state index in [1.165, 1.54) is 24.2 Å². The van der Waals surface area contributed by atoms with Gasteiger partial charge in [0.15, 0.2) is 5.78 Å². The highest BCUT2D eigenvalue weighted by Crippen LogP contribution is 2.62. The van der Waals surface area contributed by atoms with Crippen molar-refractivity contribution in [3.8, 4) is 0 Å². The smallest absolute Gasteiger partial charge is 0.235 e. The number of hydrogen-bond donors (Lipinski definition) is 0. The molecule has 4 aliphatic carbocycles. The normalized spacial score (nSPS) is 44.0. The third-order valence-electron chi connectivity index (χ3n) is 9.46. The SMILES string of the molecule is CN1C(=O)C2C(C1=O)C(C(=O)C13CC4CC(CC(C4)C1)C3)N1c3ccccc3C=CC21. The fourth-order valence-electron chi connectivity index (χ4n) is 8.69. The zero-order valence-corrected chi connectivity index (χ0v) is 17.9. The molecule has 0 spiro atoms. The number of benzene rings is 1. The van der Waals surface area contributed by atoms with Gasteiger partial charge in [-0.1, -0.05) is 30.4 Å². The standard InChI is InChI=1S/C26H28N2O3/c1-27-24(30)20-19-7-6-17-4-2-3-5-18(17)28(19)22(21(20)25(27)31)23(29)26-11-14-8-15(12-26)10-16(9-14)13-26/h2-7,14-16,19-22H,8-13H2,1H3. The second kappa shape index (κ2) is 5.87. The van der Waals surface area contributed by atoms with Crippen LogP contribution in [0.5, 0.6) is 0 Å². The maximum atomic E-state index is 14.5. The Balaban J connectivity index is 1.37. The minimum atomic E-state index is -0.557. The van der Waals surface area contributed by atoms with E-state index < -0.39 is 17.9 Å². The predicted octanol–water partition coefficient (Wildman–Crippen LogP) is 3.29. The van der Waals surface area contributed by atoms with Crippen LogP contribution in [0, 0.1) is 35.0 Å². The van der Waals surface area contributed by atoms with Gasteiger partial charge < -0.3 is 4.90 Å². The third-order valence-corrected chi connectivity index (χ3v) is 9.46. The molecule has 31 heavy (non-hydrogen) atoms. The van der Waals surface area contributed by atoms with Crippen LogP contribution in [0.3, 0.4) is 0 Å². The molecule has 0 radical (unpaired) electrons. The molecule has 7 aliphatic rings. The van der Waals surface area contributed by atoms with Crippen molar-refractivity contribution >= 4 is 29.4 Å². The van der Waals surface area contributed by atoms with Gasteiger partial charge in [-0.05, 0) is 67.9 Å². The van der Waals surface area contributed by atoms with Gasteiger partial charge >= 0.3 is 0 Å². The topological polar surface area (TPSA) is 57.7 Å². The van der Waals surface area contributed by atoms with Gasteiger partial charge in [0, 0.05) is 18.2 Å². The van der Waals surface area contributed by atoms with Gasteiger partial charge in [0.25, 0.3) is 0 Å². The maximum absolute atomic E-state index is 14.5. The van der Waals surface area contributed by atoms with Gasteiger partial charge in [-0.15, -0.1) is 0 Å². The Morgan fingerprint density at radius 1 is 0.935 bits per heavy atom. The molecule has 5 heteroatoms. The molecule has 0 aromatic heterocycles. The van der Waals surface area contributed by atoms with E-state index in [1.807, 2.05) is 18.2 Å². The summed E-state index contributed by atoms with van der Waals surface area (Å²) in [5.41, 5.74) is 1.77. The van der Waals surface area contributed by atoms with E-state index >= 15 is 0 Å². The molecule has 1 aromatic carbocycles. The molecule has 160 valence electrons. The van der Waals surface area contributed by atoms with Crippen molar-refractivity contribution in [2.75, 3.05) is 11.9 Å². The molecule has 3 heterocycles. The molecular formula is C26H28N2O3. The number of likely N-dealkylation sites (tertiary alicyclic amines) is 1. The van der Waals surface area contributed by atoms with Gasteiger partial charge in [-0.2, -0.15) is 0 Å². The van der Waals surface area contributed by atoms with Crippen molar-refractivity contribution in [3.63, 3.8) is 0 Å². The second-order valence-corrected chi connectivity index (χ2v) is 11.1. The first-order chi connectivity index (χ1) is 15.0. The van der Waals surface area contributed by atoms with E-state index in [9.17, 15) is 14.4 Å². The Hall–Kier alpha value is -2.43. The molecule has 3 aliphatic heterocycles. The number of Topliss-reactive ketones (excluding diaryl/α,β-unsaturated/α-hetero) is 1. The van der Waals surface area contributed by atoms with E-state index in [4.69, 9.17) is 0 Å². The molecular weight excluding hydrogens is 388 g/mol. The lowest BCUT2D eigenvalue weighted by molar-refractivity contribution is -0.148. The lowest BCUT2D eigenvalue weighted by Gasteiger charge is -2.57. The van der Waals surface area contributed by atoms with Crippen LogP contribution >= 0.6 is 0 Å². The molecule has 4 saturated carbocycles. The zero-order chi connectivity index (χ0) is 21.1. The first kappa shape index (κ1) is 18.2. The van der Waals surface area contributed by atoms with E-state index in [-0.39, 0.29) is 29.1 Å². The highest BCUT2D eigenvalue weighted by Gasteiger charge is 2.66. The summed E-state index contributed by atoms with van der Waals surface area (Å²) in [5, 5.41) is 0. The Bertz CT molecular complexity index is 1020. The van der Waals surface area contributed by atoms with Gasteiger partial charge in [0.1, 0.15) is 6.04 Å². The molecule has 4 atom stereocenters. The first-order valence-corrected chi connectivity index (χ1v) is 11.9. The number of nitrogens with zero attached hydrogens (tertiary/aromatic N) is 2. The number of carbonyl (C=O) groups is 3. The summed E-state index contributed by atoms with van der Waals surface area (Å²) in [5.74, 6) is 0.948. The number of fused-ring (bicyclic) bond motifs is 5. The summed E-state index contributed by atoms with van der Waals surface area (Å²) in [6.45, 7) is 0. The van der Waals surface area contributed by atoms with Crippen LogP contribution < -0.4 is 4.90 Å². The quantitative estimate of drug-likeness (QED) is 0.695. The summed E-state index contributed by atoms with van der Waals surface area (Å²) in [6.07, 6.45) is 10.9. The predicted molar refractivity (Wildman–Crippen MR) is 116 cm³/mol. The molecule has 2 saturated heterocycles. The third kappa shape index (κ3) is 2.20. The molecule has 4 unspecified atom stereocenters. The highest BCUT2D eigenvalue weighted by atomic mass is 16.2. The van der Waals surface area contributed by atoms with Gasteiger partial charge in [-0.3, -0.25) is 19.3 Å². The zero-order valence-electron chi connectivity index (χ0n) is 17.9. The van der Waals surface area contributed by atoms with E-state index in [2.05, 4.69) is 23.1 Å². The summed E-state index contributed by atoms with van der Waals surface area (Å²) < 4.78 is 0. The minimum absolute atomic E-state index is 0.130. The number of imide groups is 1. The summed E-state index contributed by atoms with van der Waals surface area (Å²) >= 11 is 0. The van der Waals surface area contributed by atoms with Crippen molar-refractivity contribution in [2.24, 2.45) is 35.0 Å². The largest absolute Gasteiger partial charge is 0.353 e. The summed E-state index contributed by atoms with van der Waals surface area (Å²) in [4.78, 5) is 44.4. The number of rotatable bonds is 2. The summed E-state index contributed by atoms with van der Waals surface area (Å²) in [7, 11) is 1.58. The average Bonchev–Trinajstić information content (AvgIpc) is 3.21. The number of amides is 2.